The molecule has 196 valence electrons. The van der Waals surface area contributed by atoms with Gasteiger partial charge in [-0.2, -0.15) is 0 Å². The summed E-state index contributed by atoms with van der Waals surface area (Å²) in [5.74, 6) is 0.0108. The van der Waals surface area contributed by atoms with Crippen molar-refractivity contribution in [1.29, 1.82) is 0 Å². The maximum atomic E-state index is 12.9. The fourth-order valence-electron chi connectivity index (χ4n) is 5.02. The van der Waals surface area contributed by atoms with Crippen LogP contribution in [0.5, 0.6) is 0 Å². The van der Waals surface area contributed by atoms with Gasteiger partial charge in [-0.15, -0.1) is 0 Å². The second kappa shape index (κ2) is 10.4. The number of benzene rings is 3. The summed E-state index contributed by atoms with van der Waals surface area (Å²) >= 11 is 3.53. The molecule has 5 rings (SSSR count). The van der Waals surface area contributed by atoms with E-state index in [-0.39, 0.29) is 19.1 Å². The van der Waals surface area contributed by atoms with Gasteiger partial charge >= 0.3 is 13.2 Å². The van der Waals surface area contributed by atoms with Gasteiger partial charge in [0.05, 0.1) is 11.2 Å². The predicted molar refractivity (Wildman–Crippen MR) is 156 cm³/mol. The molecule has 1 saturated heterocycles. The lowest BCUT2D eigenvalue weighted by atomic mass is 9.76. The van der Waals surface area contributed by atoms with Crippen molar-refractivity contribution in [3.05, 3.63) is 98.9 Å². The molecule has 1 fully saturated rings. The van der Waals surface area contributed by atoms with Crippen LogP contribution in [-0.2, 0) is 14.0 Å². The van der Waals surface area contributed by atoms with Crippen LogP contribution in [0.2, 0.25) is 0 Å². The average molecular weight is 574 g/mol. The summed E-state index contributed by atoms with van der Waals surface area (Å²) in [6.45, 7) is 10.6. The molecule has 1 heterocycles. The predicted octanol–water partition coefficient (Wildman–Crippen LogP) is 7.31. The lowest BCUT2D eigenvalue weighted by molar-refractivity contribution is 0.00578. The first-order chi connectivity index (χ1) is 18.1. The van der Waals surface area contributed by atoms with Crippen molar-refractivity contribution in [2.24, 2.45) is 0 Å². The quantitative estimate of drug-likeness (QED) is 0.314. The van der Waals surface area contributed by atoms with Crippen LogP contribution in [0.3, 0.4) is 0 Å². The Morgan fingerprint density at radius 3 is 2.13 bits per heavy atom. The van der Waals surface area contributed by atoms with Gasteiger partial charge in [0.2, 0.25) is 0 Å². The maximum Gasteiger partial charge on any atom is 0.492 e. The summed E-state index contributed by atoms with van der Waals surface area (Å²) in [6.07, 6.45) is 1.56. The molecule has 0 radical (unpaired) electrons. The maximum absolute atomic E-state index is 12.9. The topological polar surface area (TPSA) is 56.8 Å². The third-order valence-electron chi connectivity index (χ3n) is 7.91. The lowest BCUT2D eigenvalue weighted by Crippen LogP contribution is -2.41. The van der Waals surface area contributed by atoms with Gasteiger partial charge in [-0.3, -0.25) is 0 Å². The Labute approximate surface area is 233 Å². The van der Waals surface area contributed by atoms with Gasteiger partial charge in [0.15, 0.2) is 0 Å². The highest BCUT2D eigenvalue weighted by Gasteiger charge is 2.52. The zero-order valence-corrected chi connectivity index (χ0v) is 24.1. The molecule has 1 aliphatic carbocycles. The minimum atomic E-state index is -0.586. The molecule has 5 nitrogen and oxygen atoms in total. The molecule has 3 aromatic rings. The van der Waals surface area contributed by atoms with Gasteiger partial charge in [-0.05, 0) is 85.6 Å². The van der Waals surface area contributed by atoms with E-state index in [1.165, 1.54) is 22.3 Å². The van der Waals surface area contributed by atoms with Gasteiger partial charge in [-0.1, -0.05) is 76.6 Å². The van der Waals surface area contributed by atoms with E-state index >= 15 is 0 Å². The van der Waals surface area contributed by atoms with Gasteiger partial charge in [0.25, 0.3) is 0 Å². The molecule has 0 bridgehead atoms. The number of nitrogens with one attached hydrogen (secondary N) is 1. The summed E-state index contributed by atoms with van der Waals surface area (Å²) in [7, 11) is -0.586. The molecule has 0 saturated carbocycles. The number of alkyl carbamates (subject to hydrolysis) is 1. The molecular formula is C31H33BBrNO4. The van der Waals surface area contributed by atoms with Crippen molar-refractivity contribution < 1.29 is 18.8 Å². The van der Waals surface area contributed by atoms with E-state index in [4.69, 9.17) is 14.0 Å². The number of hydrogen-bond acceptors (Lipinski definition) is 4. The van der Waals surface area contributed by atoms with E-state index in [1.54, 1.807) is 0 Å². The number of ether oxygens (including phenoxy) is 1. The Hall–Kier alpha value is -2.87. The van der Waals surface area contributed by atoms with Crippen LogP contribution >= 0.6 is 15.9 Å². The van der Waals surface area contributed by atoms with E-state index in [0.717, 1.165) is 21.1 Å². The lowest BCUT2D eigenvalue weighted by Gasteiger charge is -2.32. The fraction of sp³-hybridized carbons (Fsp3) is 0.323. The molecule has 2 aliphatic rings. The number of hydrogen-bond donors (Lipinski definition) is 1. The molecule has 1 aliphatic heterocycles. The zero-order valence-electron chi connectivity index (χ0n) is 22.5. The molecule has 0 aromatic heterocycles. The Kier molecular flexibility index (Phi) is 7.29. The standard InChI is InChI=1S/C31H33BBrNO4/c1-20-16-23(33)15-14-21(20)17-22(32-37-30(2,3)31(4,5)38-32)18-34-29(35)36-19-28-26-12-8-6-10-24(26)25-11-7-9-13-27(25)28/h6-17,28H,18-19H2,1-5H3,(H,34,35). The van der Waals surface area contributed by atoms with Crippen LogP contribution in [0.4, 0.5) is 4.79 Å². The van der Waals surface area contributed by atoms with E-state index < -0.39 is 24.4 Å². The molecule has 1 N–H and O–H groups in total. The number of amides is 1. The van der Waals surface area contributed by atoms with Crippen LogP contribution in [-0.4, -0.2) is 37.6 Å². The smallest absolute Gasteiger partial charge is 0.449 e. The Morgan fingerprint density at radius 1 is 0.974 bits per heavy atom. The Bertz CT molecular complexity index is 1340. The first kappa shape index (κ1) is 26.7. The van der Waals surface area contributed by atoms with Gasteiger partial charge in [0.1, 0.15) is 6.61 Å². The summed E-state index contributed by atoms with van der Waals surface area (Å²) in [5, 5.41) is 2.94. The van der Waals surface area contributed by atoms with Crippen LogP contribution in [0.1, 0.15) is 55.9 Å². The number of halogens is 1. The third kappa shape index (κ3) is 5.20. The largest absolute Gasteiger partial charge is 0.492 e. The fourth-order valence-corrected chi connectivity index (χ4v) is 5.50. The molecule has 7 heteroatoms. The molecule has 0 spiro atoms. The van der Waals surface area contributed by atoms with Gasteiger partial charge < -0.3 is 19.4 Å². The van der Waals surface area contributed by atoms with Gasteiger partial charge in [-0.25, -0.2) is 4.79 Å². The molecule has 1 amide bonds. The molecule has 0 unspecified atom stereocenters. The number of aryl methyl sites for hydroxylation is 1. The van der Waals surface area contributed by atoms with Crippen LogP contribution in [0.25, 0.3) is 17.2 Å². The summed E-state index contributed by atoms with van der Waals surface area (Å²) in [6, 6.07) is 22.7. The molecular weight excluding hydrogens is 541 g/mol. The number of carbonyl (C=O) groups is 1. The zero-order chi connectivity index (χ0) is 27.1. The van der Waals surface area contributed by atoms with Crippen molar-refractivity contribution in [2.45, 2.75) is 51.7 Å². The van der Waals surface area contributed by atoms with Crippen LogP contribution in [0.15, 0.2) is 76.7 Å². The van der Waals surface area contributed by atoms with E-state index in [2.05, 4.69) is 58.5 Å². The minimum absolute atomic E-state index is 0.0108. The Morgan fingerprint density at radius 2 is 1.55 bits per heavy atom. The number of fused-ring (bicyclic) bond motifs is 3. The van der Waals surface area contributed by atoms with Crippen molar-refractivity contribution in [2.75, 3.05) is 13.2 Å². The van der Waals surface area contributed by atoms with Crippen molar-refractivity contribution in [3.8, 4) is 11.1 Å². The van der Waals surface area contributed by atoms with Gasteiger partial charge in [0, 0.05) is 16.9 Å². The molecule has 0 atom stereocenters. The third-order valence-corrected chi connectivity index (χ3v) is 8.40. The normalized spacial score (nSPS) is 17.7. The van der Waals surface area contributed by atoms with Crippen molar-refractivity contribution >= 4 is 35.2 Å². The second-order valence-corrected chi connectivity index (χ2v) is 11.9. The Balaban J connectivity index is 1.31. The summed E-state index contributed by atoms with van der Waals surface area (Å²) in [5.41, 5.74) is 6.75. The molecule has 38 heavy (non-hydrogen) atoms. The highest BCUT2D eigenvalue weighted by Crippen LogP contribution is 2.44. The second-order valence-electron chi connectivity index (χ2n) is 11.0. The summed E-state index contributed by atoms with van der Waals surface area (Å²) < 4.78 is 19.4. The SMILES string of the molecule is Cc1cc(Br)ccc1C=C(CNC(=O)OCC1c2ccccc2-c2ccccc21)B1OC(C)(C)C(C)(C)O1. The molecule has 3 aromatic carbocycles. The first-order valence-corrected chi connectivity index (χ1v) is 13.8. The van der Waals surface area contributed by atoms with Crippen molar-refractivity contribution in [1.82, 2.24) is 5.32 Å². The number of rotatable bonds is 6. The average Bonchev–Trinajstić information content (AvgIpc) is 3.30. The minimum Gasteiger partial charge on any atom is -0.449 e. The van der Waals surface area contributed by atoms with E-state index in [1.807, 2.05) is 70.2 Å². The van der Waals surface area contributed by atoms with E-state index in [0.29, 0.717) is 0 Å². The highest BCUT2D eigenvalue weighted by molar-refractivity contribution is 9.10. The van der Waals surface area contributed by atoms with Crippen LogP contribution in [0, 0.1) is 6.92 Å². The van der Waals surface area contributed by atoms with Crippen molar-refractivity contribution in [3.63, 3.8) is 0 Å². The number of carbonyl (C=O) groups excluding carboxylic acids is 1. The van der Waals surface area contributed by atoms with Crippen LogP contribution < -0.4 is 5.32 Å². The van der Waals surface area contributed by atoms with E-state index in [9.17, 15) is 4.79 Å². The summed E-state index contributed by atoms with van der Waals surface area (Å²) in [4.78, 5) is 12.9. The first-order valence-electron chi connectivity index (χ1n) is 13.0. The monoisotopic (exact) mass is 573 g/mol. The highest BCUT2D eigenvalue weighted by atomic mass is 79.9.